The number of halogens is 18. The number of nitrogens with zero attached hydrogens (tertiary/aromatic N) is 2. The molecule has 0 saturated heterocycles. The predicted molar refractivity (Wildman–Crippen MR) is 108 cm³/mol. The maximum Gasteiger partial charge on any atom is 0.385 e. The molecule has 0 aliphatic carbocycles. The summed E-state index contributed by atoms with van der Waals surface area (Å²) in [7, 11) is 0. The minimum Gasteiger partial charge on any atom is -0.309 e. The van der Waals surface area contributed by atoms with Gasteiger partial charge in [0.25, 0.3) is 0 Å². The van der Waals surface area contributed by atoms with Gasteiger partial charge in [-0.05, 0) is 26.1 Å². The summed E-state index contributed by atoms with van der Waals surface area (Å²) in [6.07, 6.45) is 0. The summed E-state index contributed by atoms with van der Waals surface area (Å²) >= 11 is 11.9. The van der Waals surface area contributed by atoms with Crippen LogP contribution in [0.25, 0.3) is 0 Å². The lowest BCUT2D eigenvalue weighted by Gasteiger charge is -2.44. The Bertz CT molecular complexity index is 1160. The van der Waals surface area contributed by atoms with Crippen molar-refractivity contribution in [3.05, 3.63) is 4.77 Å². The molecular weight excluding hydrogens is 670 g/mol. The van der Waals surface area contributed by atoms with Gasteiger partial charge in [0.15, 0.2) is 4.77 Å². The Hall–Kier alpha value is -1.13. The molecule has 0 N–H and O–H groups in total. The van der Waals surface area contributed by atoms with E-state index >= 15 is 0 Å². The SMILES string of the molecule is CC(C)n1c(S)c(S)n(CC(F)(F)C(F)(F)C(F)(F)C(F)(F)C(F)(F)C(F)(F)C(F)(F)C(F)(F)C(C)(F)F)c1=S. The first-order valence-corrected chi connectivity index (χ1v) is 11.1. The molecule has 0 radical (unpaired) electrons. The second-order valence-corrected chi connectivity index (χ2v) is 9.81. The third kappa shape index (κ3) is 4.76. The smallest absolute Gasteiger partial charge is 0.309 e. The maximum atomic E-state index is 14.4. The van der Waals surface area contributed by atoms with Crippen LogP contribution in [0.1, 0.15) is 26.8 Å². The minimum atomic E-state index is -8.80. The molecule has 0 unspecified atom stereocenters. The maximum absolute atomic E-state index is 14.4. The van der Waals surface area contributed by atoms with Gasteiger partial charge in [-0.15, -0.1) is 25.3 Å². The lowest BCUT2D eigenvalue weighted by atomic mass is 9.86. The summed E-state index contributed by atoms with van der Waals surface area (Å²) < 4.78 is 247. The van der Waals surface area contributed by atoms with E-state index in [2.05, 4.69) is 37.5 Å². The molecule has 0 aromatic carbocycles. The third-order valence-electron chi connectivity index (χ3n) is 5.37. The van der Waals surface area contributed by atoms with Gasteiger partial charge < -0.3 is 9.13 Å². The third-order valence-corrected chi connectivity index (χ3v) is 6.84. The first-order chi connectivity index (χ1) is 17.1. The van der Waals surface area contributed by atoms with Crippen molar-refractivity contribution < 1.29 is 79.0 Å². The summed E-state index contributed by atoms with van der Waals surface area (Å²) in [6.45, 7) is -1.63. The monoisotopic (exact) mass is 684 g/mol. The highest BCUT2D eigenvalue weighted by Crippen LogP contribution is 2.65. The first-order valence-electron chi connectivity index (χ1n) is 9.78. The van der Waals surface area contributed by atoms with E-state index in [4.69, 9.17) is 0 Å². The second-order valence-electron chi connectivity index (χ2n) is 8.59. The molecule has 1 aromatic rings. The van der Waals surface area contributed by atoms with Crippen LogP contribution in [0, 0.1) is 4.77 Å². The van der Waals surface area contributed by atoms with Crippen molar-refractivity contribution in [3.63, 3.8) is 0 Å². The topological polar surface area (TPSA) is 9.86 Å². The van der Waals surface area contributed by atoms with Crippen molar-refractivity contribution in [2.75, 3.05) is 0 Å². The fraction of sp³-hybridized carbons (Fsp3) is 0.824. The second kappa shape index (κ2) is 9.97. The van der Waals surface area contributed by atoms with E-state index < -0.39 is 87.6 Å². The largest absolute Gasteiger partial charge is 0.385 e. The number of imidazole rings is 1. The number of aromatic nitrogens is 2. The molecule has 0 fully saturated rings. The zero-order chi connectivity index (χ0) is 32.7. The molecule has 0 amide bonds. The molecule has 236 valence electrons. The van der Waals surface area contributed by atoms with Crippen LogP contribution in [-0.2, 0) is 6.54 Å². The summed E-state index contributed by atoms with van der Waals surface area (Å²) in [5.74, 6) is -71.7. The summed E-state index contributed by atoms with van der Waals surface area (Å²) in [5.41, 5.74) is 0. The van der Waals surface area contributed by atoms with Gasteiger partial charge in [0.2, 0.25) is 0 Å². The normalized spacial score (nSPS) is 15.8. The Kier molecular flexibility index (Phi) is 9.19. The van der Waals surface area contributed by atoms with Crippen LogP contribution in [0.3, 0.4) is 0 Å². The zero-order valence-electron chi connectivity index (χ0n) is 19.3. The van der Waals surface area contributed by atoms with Crippen LogP contribution in [0.2, 0.25) is 0 Å². The Morgan fingerprint density at radius 2 is 0.875 bits per heavy atom. The molecule has 0 aliphatic rings. The van der Waals surface area contributed by atoms with Crippen LogP contribution >= 0.6 is 37.5 Å². The Morgan fingerprint density at radius 1 is 0.575 bits per heavy atom. The minimum absolute atomic E-state index is 0.242. The van der Waals surface area contributed by atoms with Crippen LogP contribution < -0.4 is 0 Å². The lowest BCUT2D eigenvalue weighted by Crippen LogP contribution is -2.76. The molecule has 0 spiro atoms. The molecule has 0 atom stereocenters. The van der Waals surface area contributed by atoms with E-state index in [-0.39, 0.29) is 4.57 Å². The highest BCUT2D eigenvalue weighted by atomic mass is 32.1. The molecule has 0 aliphatic heterocycles. The average molecular weight is 684 g/mol. The van der Waals surface area contributed by atoms with Crippen molar-refractivity contribution in [3.8, 4) is 0 Å². The van der Waals surface area contributed by atoms with Crippen LogP contribution in [0.15, 0.2) is 10.1 Å². The summed E-state index contributed by atoms with van der Waals surface area (Å²) in [6, 6.07) is -0.830. The van der Waals surface area contributed by atoms with Gasteiger partial charge in [-0.3, -0.25) is 0 Å². The van der Waals surface area contributed by atoms with Gasteiger partial charge in [0.1, 0.15) is 10.1 Å². The fourth-order valence-corrected chi connectivity index (χ4v) is 4.25. The Balaban J connectivity index is 3.78. The standard InChI is InChI=1S/C17H14F18N2S3/c1-5(2)37-7(39)6(38)36(8(37)40)4-10(20,21)12(24,25)14(28,29)16(32,33)17(34,35)15(30,31)13(26,27)11(22,23)9(3,18)19/h5,38-39H,4H2,1-3H3. The highest BCUT2D eigenvalue weighted by Gasteiger charge is 2.96. The van der Waals surface area contributed by atoms with E-state index in [0.717, 1.165) is 4.57 Å². The average Bonchev–Trinajstić information content (AvgIpc) is 2.94. The number of thiol groups is 2. The molecule has 0 saturated carbocycles. The highest BCUT2D eigenvalue weighted by molar-refractivity contribution is 7.83. The van der Waals surface area contributed by atoms with Gasteiger partial charge >= 0.3 is 53.3 Å². The van der Waals surface area contributed by atoms with E-state index in [9.17, 15) is 79.0 Å². The van der Waals surface area contributed by atoms with Crippen LogP contribution in [0.5, 0.6) is 0 Å². The van der Waals surface area contributed by atoms with Gasteiger partial charge in [-0.25, -0.2) is 0 Å². The number of alkyl halides is 18. The van der Waals surface area contributed by atoms with Gasteiger partial charge in [-0.2, -0.15) is 79.0 Å². The van der Waals surface area contributed by atoms with Crippen molar-refractivity contribution in [1.29, 1.82) is 0 Å². The molecule has 1 heterocycles. The van der Waals surface area contributed by atoms with Crippen molar-refractivity contribution in [2.45, 2.75) is 96.7 Å². The van der Waals surface area contributed by atoms with Crippen LogP contribution in [0.4, 0.5) is 79.0 Å². The number of hydrogen-bond donors (Lipinski definition) is 2. The van der Waals surface area contributed by atoms with E-state index in [1.165, 1.54) is 13.8 Å². The molecule has 0 bridgehead atoms. The molecular formula is C17H14F18N2S3. The molecule has 2 nitrogen and oxygen atoms in total. The van der Waals surface area contributed by atoms with Crippen molar-refractivity contribution >= 4 is 37.5 Å². The number of rotatable bonds is 11. The van der Waals surface area contributed by atoms with E-state index in [1.54, 1.807) is 0 Å². The van der Waals surface area contributed by atoms with Gasteiger partial charge in [-0.1, -0.05) is 0 Å². The zero-order valence-corrected chi connectivity index (χ0v) is 21.9. The first kappa shape index (κ1) is 36.9. The Labute approximate surface area is 227 Å². The van der Waals surface area contributed by atoms with Crippen molar-refractivity contribution in [1.82, 2.24) is 9.13 Å². The van der Waals surface area contributed by atoms with Gasteiger partial charge in [0.05, 0.1) is 6.54 Å². The Morgan fingerprint density at radius 3 is 1.15 bits per heavy atom. The molecule has 1 rings (SSSR count). The molecule has 23 heteroatoms. The van der Waals surface area contributed by atoms with Crippen LogP contribution in [-0.4, -0.2) is 62.4 Å². The predicted octanol–water partition coefficient (Wildman–Crippen LogP) is 8.91. The van der Waals surface area contributed by atoms with Crippen molar-refractivity contribution in [2.24, 2.45) is 0 Å². The van der Waals surface area contributed by atoms with E-state index in [0.29, 0.717) is 0 Å². The quantitative estimate of drug-likeness (QED) is 0.135. The van der Waals surface area contributed by atoms with E-state index in [1.807, 2.05) is 0 Å². The summed E-state index contributed by atoms with van der Waals surface area (Å²) in [5, 5.41) is -1.41. The summed E-state index contributed by atoms with van der Waals surface area (Å²) in [4.78, 5) is 0. The molecule has 1 aromatic heterocycles. The lowest BCUT2D eigenvalue weighted by molar-refractivity contribution is -0.461. The fourth-order valence-electron chi connectivity index (χ4n) is 2.94. The number of hydrogen-bond acceptors (Lipinski definition) is 3. The van der Waals surface area contributed by atoms with Gasteiger partial charge in [0, 0.05) is 13.0 Å². The molecule has 40 heavy (non-hydrogen) atoms.